The molecule has 8 heteroatoms. The summed E-state index contributed by atoms with van der Waals surface area (Å²) in [4.78, 5) is 13.9. The molecule has 1 aliphatic heterocycles. The molecule has 0 N–H and O–H groups in total. The van der Waals surface area contributed by atoms with Gasteiger partial charge in [0.15, 0.2) is 5.82 Å². The topological polar surface area (TPSA) is 79.9 Å². The molecule has 0 saturated carbocycles. The lowest BCUT2D eigenvalue weighted by Gasteiger charge is -2.22. The Morgan fingerprint density at radius 3 is 2.55 bits per heavy atom. The predicted octanol–water partition coefficient (Wildman–Crippen LogP) is 3.78. The number of methoxy groups -OCH3 is 2. The maximum atomic E-state index is 5.55. The third kappa shape index (κ3) is 3.54. The molecular formula is C23H24N6O2. The van der Waals surface area contributed by atoms with Gasteiger partial charge in [0, 0.05) is 18.7 Å². The molecule has 31 heavy (non-hydrogen) atoms. The Balaban J connectivity index is 1.50. The highest BCUT2D eigenvalue weighted by Crippen LogP contribution is 2.34. The Morgan fingerprint density at radius 2 is 1.84 bits per heavy atom. The molecule has 5 rings (SSSR count). The van der Waals surface area contributed by atoms with E-state index in [9.17, 15) is 0 Å². The van der Waals surface area contributed by atoms with E-state index in [1.165, 1.54) is 5.56 Å². The number of hydrogen-bond acceptors (Lipinski definition) is 6. The largest absolute Gasteiger partial charge is 0.497 e. The van der Waals surface area contributed by atoms with Crippen LogP contribution in [0.1, 0.15) is 35.8 Å². The first-order chi connectivity index (χ1) is 15.2. The minimum absolute atomic E-state index is 0.205. The number of nitrogens with zero attached hydrogens (tertiary/aromatic N) is 6. The normalized spacial score (nSPS) is 15.5. The molecule has 0 aliphatic carbocycles. The second kappa shape index (κ2) is 7.86. The summed E-state index contributed by atoms with van der Waals surface area (Å²) in [6.45, 7) is 2.81. The molecule has 0 bridgehead atoms. The molecular weight excluding hydrogens is 392 g/mol. The number of fused-ring (bicyclic) bond motifs is 1. The Kier molecular flexibility index (Phi) is 4.89. The third-order valence-corrected chi connectivity index (χ3v) is 5.65. The minimum Gasteiger partial charge on any atom is -0.497 e. The number of pyridine rings is 1. The van der Waals surface area contributed by atoms with E-state index in [0.29, 0.717) is 17.4 Å². The van der Waals surface area contributed by atoms with Gasteiger partial charge in [-0.3, -0.25) is 0 Å². The van der Waals surface area contributed by atoms with Gasteiger partial charge < -0.3 is 14.0 Å². The average molecular weight is 416 g/mol. The third-order valence-electron chi connectivity index (χ3n) is 5.65. The molecule has 8 nitrogen and oxygen atoms in total. The standard InChI is InChI=1S/C23H24N6O2/c1-15-13-28(14-24-15)20-11-10-19(25-23(20)31-3)21-26-22-18(5-4-12-29(22)27-21)16-6-8-17(30-2)9-7-16/h6-11,13-14,18H,4-5,12H2,1-3H3. The van der Waals surface area contributed by atoms with Crippen molar-refractivity contribution in [1.29, 1.82) is 0 Å². The van der Waals surface area contributed by atoms with Gasteiger partial charge in [0.1, 0.15) is 23.0 Å². The number of aromatic nitrogens is 6. The molecule has 0 amide bonds. The summed E-state index contributed by atoms with van der Waals surface area (Å²) in [5, 5.41) is 4.76. The molecule has 3 aromatic heterocycles. The molecule has 0 saturated heterocycles. The first-order valence-corrected chi connectivity index (χ1v) is 10.3. The van der Waals surface area contributed by atoms with Crippen LogP contribution >= 0.6 is 0 Å². The highest BCUT2D eigenvalue weighted by atomic mass is 16.5. The van der Waals surface area contributed by atoms with E-state index in [1.54, 1.807) is 20.5 Å². The molecule has 1 unspecified atom stereocenters. The summed E-state index contributed by atoms with van der Waals surface area (Å²) >= 11 is 0. The SMILES string of the molecule is COc1ccc(C2CCCn3nc(-c4ccc(-n5cnc(C)c5)c(OC)n4)nc32)cc1. The van der Waals surface area contributed by atoms with Gasteiger partial charge in [-0.05, 0) is 49.6 Å². The van der Waals surface area contributed by atoms with Crippen LogP contribution in [0.5, 0.6) is 11.6 Å². The number of aryl methyl sites for hydroxylation is 2. The summed E-state index contributed by atoms with van der Waals surface area (Å²) in [6.07, 6.45) is 5.79. The van der Waals surface area contributed by atoms with Crippen molar-refractivity contribution < 1.29 is 9.47 Å². The zero-order valence-corrected chi connectivity index (χ0v) is 17.8. The first-order valence-electron chi connectivity index (χ1n) is 10.3. The Morgan fingerprint density at radius 1 is 1.00 bits per heavy atom. The van der Waals surface area contributed by atoms with Gasteiger partial charge in [-0.2, -0.15) is 0 Å². The molecule has 0 spiro atoms. The molecule has 4 heterocycles. The summed E-state index contributed by atoms with van der Waals surface area (Å²) in [6, 6.07) is 12.1. The average Bonchev–Trinajstić information content (AvgIpc) is 3.45. The minimum atomic E-state index is 0.205. The first kappa shape index (κ1) is 19.3. The van der Waals surface area contributed by atoms with Crippen LogP contribution in [0.3, 0.4) is 0 Å². The molecule has 0 radical (unpaired) electrons. The van der Waals surface area contributed by atoms with E-state index in [2.05, 4.69) is 22.1 Å². The van der Waals surface area contributed by atoms with Crippen molar-refractivity contribution in [2.75, 3.05) is 14.2 Å². The van der Waals surface area contributed by atoms with E-state index in [-0.39, 0.29) is 5.92 Å². The second-order valence-corrected chi connectivity index (χ2v) is 7.63. The van der Waals surface area contributed by atoms with E-state index >= 15 is 0 Å². The van der Waals surface area contributed by atoms with Crippen molar-refractivity contribution in [2.24, 2.45) is 0 Å². The highest BCUT2D eigenvalue weighted by Gasteiger charge is 2.27. The lowest BCUT2D eigenvalue weighted by molar-refractivity contribution is 0.396. The summed E-state index contributed by atoms with van der Waals surface area (Å²) in [7, 11) is 3.30. The molecule has 158 valence electrons. The number of hydrogen-bond donors (Lipinski definition) is 0. The Labute approximate surface area is 180 Å². The summed E-state index contributed by atoms with van der Waals surface area (Å²) in [5.41, 5.74) is 3.66. The van der Waals surface area contributed by atoms with Crippen LogP contribution in [0.15, 0.2) is 48.9 Å². The van der Waals surface area contributed by atoms with Crippen LogP contribution in [0, 0.1) is 6.92 Å². The van der Waals surface area contributed by atoms with Gasteiger partial charge in [0.25, 0.3) is 0 Å². The van der Waals surface area contributed by atoms with Crippen molar-refractivity contribution in [1.82, 2.24) is 29.3 Å². The smallest absolute Gasteiger partial charge is 0.238 e. The van der Waals surface area contributed by atoms with Gasteiger partial charge in [-0.1, -0.05) is 12.1 Å². The number of benzene rings is 1. The quantitative estimate of drug-likeness (QED) is 0.493. The van der Waals surface area contributed by atoms with Crippen molar-refractivity contribution in [2.45, 2.75) is 32.2 Å². The van der Waals surface area contributed by atoms with E-state index in [0.717, 1.165) is 42.3 Å². The monoisotopic (exact) mass is 416 g/mol. The highest BCUT2D eigenvalue weighted by molar-refractivity contribution is 5.55. The van der Waals surface area contributed by atoms with E-state index in [4.69, 9.17) is 19.6 Å². The van der Waals surface area contributed by atoms with Crippen molar-refractivity contribution in [3.8, 4) is 28.8 Å². The second-order valence-electron chi connectivity index (χ2n) is 7.63. The van der Waals surface area contributed by atoms with Crippen molar-refractivity contribution in [3.05, 3.63) is 66.0 Å². The van der Waals surface area contributed by atoms with Crippen LogP contribution in [0.2, 0.25) is 0 Å². The van der Waals surface area contributed by atoms with Crippen LogP contribution in [-0.4, -0.2) is 43.5 Å². The lowest BCUT2D eigenvalue weighted by Crippen LogP contribution is -2.17. The molecule has 1 aliphatic rings. The lowest BCUT2D eigenvalue weighted by atomic mass is 9.91. The number of ether oxygens (including phenoxy) is 2. The maximum absolute atomic E-state index is 5.55. The van der Waals surface area contributed by atoms with Crippen LogP contribution < -0.4 is 9.47 Å². The molecule has 1 aromatic carbocycles. The summed E-state index contributed by atoms with van der Waals surface area (Å²) < 4.78 is 14.8. The van der Waals surface area contributed by atoms with Gasteiger partial charge in [0.05, 0.1) is 26.2 Å². The van der Waals surface area contributed by atoms with Crippen molar-refractivity contribution in [3.63, 3.8) is 0 Å². The van der Waals surface area contributed by atoms with Gasteiger partial charge in [-0.25, -0.2) is 19.6 Å². The van der Waals surface area contributed by atoms with Crippen LogP contribution in [0.25, 0.3) is 17.2 Å². The zero-order valence-electron chi connectivity index (χ0n) is 17.8. The number of rotatable bonds is 5. The van der Waals surface area contributed by atoms with E-state index < -0.39 is 0 Å². The predicted molar refractivity (Wildman–Crippen MR) is 116 cm³/mol. The fraction of sp³-hybridized carbons (Fsp3) is 0.304. The van der Waals surface area contributed by atoms with E-state index in [1.807, 2.05) is 46.6 Å². The zero-order chi connectivity index (χ0) is 21.4. The Bertz CT molecular complexity index is 1210. The van der Waals surface area contributed by atoms with Crippen LogP contribution in [-0.2, 0) is 6.54 Å². The summed E-state index contributed by atoms with van der Waals surface area (Å²) in [5.74, 6) is 3.15. The molecule has 1 atom stereocenters. The molecule has 0 fully saturated rings. The van der Waals surface area contributed by atoms with Crippen LogP contribution in [0.4, 0.5) is 0 Å². The fourth-order valence-corrected chi connectivity index (χ4v) is 4.07. The van der Waals surface area contributed by atoms with Crippen molar-refractivity contribution >= 4 is 0 Å². The fourth-order valence-electron chi connectivity index (χ4n) is 4.07. The van der Waals surface area contributed by atoms with Gasteiger partial charge in [0.2, 0.25) is 5.88 Å². The van der Waals surface area contributed by atoms with Gasteiger partial charge in [-0.15, -0.1) is 5.10 Å². The van der Waals surface area contributed by atoms with Gasteiger partial charge >= 0.3 is 0 Å². The number of imidazole rings is 1. The Hall–Kier alpha value is -3.68. The maximum Gasteiger partial charge on any atom is 0.238 e. The molecule has 4 aromatic rings.